The lowest BCUT2D eigenvalue weighted by Crippen LogP contribution is -2.17. The van der Waals surface area contributed by atoms with E-state index in [-0.39, 0.29) is 11.9 Å². The normalized spacial score (nSPS) is 14.6. The minimum Gasteiger partial charge on any atom is -0.469 e. The van der Waals surface area contributed by atoms with Crippen molar-refractivity contribution in [3.8, 4) is 0 Å². The van der Waals surface area contributed by atoms with Crippen molar-refractivity contribution in [2.24, 2.45) is 0 Å². The second-order valence-corrected chi connectivity index (χ2v) is 5.48. The average Bonchev–Trinajstić information content (AvgIpc) is 3.05. The Kier molecular flexibility index (Phi) is 3.56. The van der Waals surface area contributed by atoms with E-state index >= 15 is 0 Å². The molecule has 0 aliphatic carbocycles. The Balaban J connectivity index is 1.64. The van der Waals surface area contributed by atoms with E-state index < -0.39 is 0 Å². The zero-order valence-electron chi connectivity index (χ0n) is 12.0. The molecule has 2 aromatic rings. The number of hydrogen-bond donors (Lipinski definition) is 3. The summed E-state index contributed by atoms with van der Waals surface area (Å²) in [5, 5.41) is 6.24. The number of nitrogens with one attached hydrogen (secondary N) is 2. The molecule has 1 amide bonds. The van der Waals surface area contributed by atoms with E-state index in [1.165, 1.54) is 0 Å². The molecule has 4 N–H and O–H groups in total. The highest BCUT2D eigenvalue weighted by atomic mass is 16.3. The fraction of sp³-hybridized carbons (Fsp3) is 0.312. The van der Waals surface area contributed by atoms with Gasteiger partial charge in [0, 0.05) is 18.2 Å². The number of carbonyl (C=O) groups excluding carboxylic acids is 1. The highest BCUT2D eigenvalue weighted by molar-refractivity contribution is 6.00. The van der Waals surface area contributed by atoms with Crippen LogP contribution in [0.25, 0.3) is 0 Å². The molecule has 0 fully saturated rings. The Bertz CT molecular complexity index is 650. The minimum absolute atomic E-state index is 0.0208. The van der Waals surface area contributed by atoms with E-state index in [4.69, 9.17) is 10.2 Å². The third kappa shape index (κ3) is 3.02. The summed E-state index contributed by atoms with van der Waals surface area (Å²) < 4.78 is 5.33. The molecule has 0 saturated carbocycles. The number of carbonyl (C=O) groups is 1. The van der Waals surface area contributed by atoms with Crippen LogP contribution in [0.5, 0.6) is 0 Å². The highest BCUT2D eigenvalue weighted by Gasteiger charge is 2.19. The van der Waals surface area contributed by atoms with Crippen molar-refractivity contribution in [1.82, 2.24) is 0 Å². The summed E-state index contributed by atoms with van der Waals surface area (Å²) in [6, 6.07) is 7.92. The first-order valence-electron chi connectivity index (χ1n) is 7.13. The van der Waals surface area contributed by atoms with Crippen LogP contribution in [0.2, 0.25) is 0 Å². The van der Waals surface area contributed by atoms with E-state index in [2.05, 4.69) is 17.6 Å². The van der Waals surface area contributed by atoms with Crippen LogP contribution >= 0.6 is 0 Å². The van der Waals surface area contributed by atoms with Gasteiger partial charge in [0.05, 0.1) is 24.1 Å². The van der Waals surface area contributed by atoms with Crippen molar-refractivity contribution < 1.29 is 9.21 Å². The lowest BCUT2D eigenvalue weighted by Gasteiger charge is -2.17. The second-order valence-electron chi connectivity index (χ2n) is 5.48. The van der Waals surface area contributed by atoms with Crippen molar-refractivity contribution in [3.63, 3.8) is 0 Å². The maximum atomic E-state index is 11.4. The predicted molar refractivity (Wildman–Crippen MR) is 83.3 cm³/mol. The summed E-state index contributed by atoms with van der Waals surface area (Å²) >= 11 is 0. The summed E-state index contributed by atoms with van der Waals surface area (Å²) in [4.78, 5) is 11.4. The molecule has 1 unspecified atom stereocenters. The van der Waals surface area contributed by atoms with Crippen LogP contribution in [0.1, 0.15) is 24.7 Å². The molecule has 3 rings (SSSR count). The summed E-state index contributed by atoms with van der Waals surface area (Å²) in [5.41, 5.74) is 9.42. The summed E-state index contributed by atoms with van der Waals surface area (Å²) in [6.45, 7) is 2.11. The van der Waals surface area contributed by atoms with Crippen LogP contribution in [0.3, 0.4) is 0 Å². The third-order valence-corrected chi connectivity index (χ3v) is 3.71. The Hall–Kier alpha value is -2.43. The van der Waals surface area contributed by atoms with Crippen LogP contribution in [-0.4, -0.2) is 11.9 Å². The highest BCUT2D eigenvalue weighted by Crippen LogP contribution is 2.32. The van der Waals surface area contributed by atoms with Gasteiger partial charge in [-0.3, -0.25) is 4.79 Å². The van der Waals surface area contributed by atoms with Crippen LogP contribution in [-0.2, 0) is 17.6 Å². The largest absolute Gasteiger partial charge is 0.469 e. The van der Waals surface area contributed by atoms with Crippen molar-refractivity contribution >= 4 is 23.0 Å². The summed E-state index contributed by atoms with van der Waals surface area (Å²) in [7, 11) is 0. The molecule has 0 spiro atoms. The number of anilines is 3. The molecule has 0 radical (unpaired) electrons. The average molecular weight is 285 g/mol. The van der Waals surface area contributed by atoms with Crippen molar-refractivity contribution in [2.45, 2.75) is 32.2 Å². The quantitative estimate of drug-likeness (QED) is 0.738. The Morgan fingerprint density at radius 1 is 1.48 bits per heavy atom. The number of fused-ring (bicyclic) bond motifs is 1. The van der Waals surface area contributed by atoms with Gasteiger partial charge in [-0.15, -0.1) is 0 Å². The van der Waals surface area contributed by atoms with Gasteiger partial charge in [-0.2, -0.15) is 0 Å². The van der Waals surface area contributed by atoms with Gasteiger partial charge in [-0.05, 0) is 43.2 Å². The number of hydrogen-bond acceptors (Lipinski definition) is 4. The van der Waals surface area contributed by atoms with Gasteiger partial charge in [0.2, 0.25) is 5.91 Å². The van der Waals surface area contributed by atoms with Gasteiger partial charge < -0.3 is 20.8 Å². The topological polar surface area (TPSA) is 80.3 Å². The van der Waals surface area contributed by atoms with E-state index in [1.54, 1.807) is 6.26 Å². The SMILES string of the molecule is CC(CCc1ccco1)Nc1cc2c(cc1N)CC(=O)N2. The lowest BCUT2D eigenvalue weighted by atomic mass is 10.1. The van der Waals surface area contributed by atoms with Crippen LogP contribution in [0.15, 0.2) is 34.9 Å². The molecule has 5 heteroatoms. The Morgan fingerprint density at radius 2 is 2.33 bits per heavy atom. The monoisotopic (exact) mass is 285 g/mol. The fourth-order valence-electron chi connectivity index (χ4n) is 2.57. The molecule has 1 aliphatic heterocycles. The molecule has 21 heavy (non-hydrogen) atoms. The molecule has 110 valence electrons. The second kappa shape index (κ2) is 5.52. The van der Waals surface area contributed by atoms with Crippen LogP contribution in [0.4, 0.5) is 17.1 Å². The van der Waals surface area contributed by atoms with Gasteiger partial charge in [0.1, 0.15) is 5.76 Å². The molecule has 5 nitrogen and oxygen atoms in total. The first-order valence-corrected chi connectivity index (χ1v) is 7.13. The lowest BCUT2D eigenvalue weighted by molar-refractivity contribution is -0.115. The summed E-state index contributed by atoms with van der Waals surface area (Å²) in [5.74, 6) is 1.00. The number of furan rings is 1. The predicted octanol–water partition coefficient (Wildman–Crippen LogP) is 2.79. The summed E-state index contributed by atoms with van der Waals surface area (Å²) in [6.07, 6.45) is 3.92. The Morgan fingerprint density at radius 3 is 3.10 bits per heavy atom. The van der Waals surface area contributed by atoms with Gasteiger partial charge in [-0.1, -0.05) is 0 Å². The minimum atomic E-state index is 0.0208. The van der Waals surface area contributed by atoms with Gasteiger partial charge in [-0.25, -0.2) is 0 Å². The molecule has 2 heterocycles. The van der Waals surface area contributed by atoms with E-state index in [0.717, 1.165) is 35.5 Å². The van der Waals surface area contributed by atoms with E-state index in [0.29, 0.717) is 12.1 Å². The standard InChI is InChI=1S/C16H19N3O2/c1-10(4-5-12-3-2-6-21-12)18-15-9-14-11(7-13(15)17)8-16(20)19-14/h2-3,6-7,9-10,18H,4-5,8,17H2,1H3,(H,19,20). The number of nitrogen functional groups attached to an aromatic ring is 1. The third-order valence-electron chi connectivity index (χ3n) is 3.71. The molecular formula is C16H19N3O2. The van der Waals surface area contributed by atoms with E-state index in [9.17, 15) is 4.79 Å². The van der Waals surface area contributed by atoms with Crippen LogP contribution < -0.4 is 16.4 Å². The molecular weight excluding hydrogens is 266 g/mol. The van der Waals surface area contributed by atoms with Crippen molar-refractivity contribution in [3.05, 3.63) is 41.9 Å². The molecule has 1 aliphatic rings. The maximum Gasteiger partial charge on any atom is 0.228 e. The van der Waals surface area contributed by atoms with Crippen molar-refractivity contribution in [1.29, 1.82) is 0 Å². The smallest absolute Gasteiger partial charge is 0.228 e. The molecule has 1 aromatic carbocycles. The number of aryl methyl sites for hydroxylation is 1. The number of nitrogens with two attached hydrogens (primary N) is 1. The first-order chi connectivity index (χ1) is 10.1. The first kappa shape index (κ1) is 13.5. The number of benzene rings is 1. The Labute approximate surface area is 123 Å². The zero-order chi connectivity index (χ0) is 14.8. The van der Waals surface area contributed by atoms with Crippen molar-refractivity contribution in [2.75, 3.05) is 16.4 Å². The fourth-order valence-corrected chi connectivity index (χ4v) is 2.57. The van der Waals surface area contributed by atoms with Crippen LogP contribution in [0, 0.1) is 0 Å². The molecule has 1 atom stereocenters. The number of amides is 1. The van der Waals surface area contributed by atoms with Gasteiger partial charge in [0.25, 0.3) is 0 Å². The molecule has 0 bridgehead atoms. The molecule has 0 saturated heterocycles. The molecule has 1 aromatic heterocycles. The number of rotatable bonds is 5. The van der Waals surface area contributed by atoms with Gasteiger partial charge >= 0.3 is 0 Å². The van der Waals surface area contributed by atoms with E-state index in [1.807, 2.05) is 24.3 Å². The zero-order valence-corrected chi connectivity index (χ0v) is 12.0. The maximum absolute atomic E-state index is 11.4. The van der Waals surface area contributed by atoms with Gasteiger partial charge in [0.15, 0.2) is 0 Å².